The van der Waals surface area contributed by atoms with Crippen molar-refractivity contribution in [3.63, 3.8) is 0 Å². The summed E-state index contributed by atoms with van der Waals surface area (Å²) in [6.45, 7) is 3.09. The van der Waals surface area contributed by atoms with Gasteiger partial charge in [-0.1, -0.05) is 97.1 Å². The van der Waals surface area contributed by atoms with Crippen LogP contribution in [0.25, 0.3) is 11.6 Å². The van der Waals surface area contributed by atoms with Crippen LogP contribution in [-0.2, 0) is 4.79 Å². The van der Waals surface area contributed by atoms with Gasteiger partial charge in [-0.3, -0.25) is 9.69 Å². The second kappa shape index (κ2) is 10.6. The van der Waals surface area contributed by atoms with E-state index in [2.05, 4.69) is 71.6 Å². The molecule has 0 saturated carbocycles. The van der Waals surface area contributed by atoms with Crippen LogP contribution in [0.2, 0.25) is 0 Å². The molecule has 1 aromatic heterocycles. The molecule has 0 bridgehead atoms. The molecule has 1 aliphatic heterocycles. The Morgan fingerprint density at radius 2 is 1.26 bits per heavy atom. The molecule has 1 fully saturated rings. The zero-order valence-corrected chi connectivity index (χ0v) is 19.9. The summed E-state index contributed by atoms with van der Waals surface area (Å²) in [7, 11) is 0. The number of carbonyl (C=O) groups excluding carboxylic acids is 1. The van der Waals surface area contributed by atoms with Crippen molar-refractivity contribution in [2.24, 2.45) is 0 Å². The van der Waals surface area contributed by atoms with Gasteiger partial charge in [-0.05, 0) is 34.2 Å². The van der Waals surface area contributed by atoms with Crippen LogP contribution in [0.5, 0.6) is 0 Å². The summed E-state index contributed by atoms with van der Waals surface area (Å²) in [6, 6.07) is 35.6. The summed E-state index contributed by atoms with van der Waals surface area (Å²) in [5, 5.41) is 2.05. The molecule has 5 rings (SSSR count). The molecule has 34 heavy (non-hydrogen) atoms. The van der Waals surface area contributed by atoms with Crippen molar-refractivity contribution in [2.45, 2.75) is 6.04 Å². The van der Waals surface area contributed by atoms with E-state index in [4.69, 9.17) is 0 Å². The highest BCUT2D eigenvalue weighted by Gasteiger charge is 2.29. The number of carbonyl (C=O) groups is 1. The van der Waals surface area contributed by atoms with Gasteiger partial charge in [0.15, 0.2) is 0 Å². The maximum atomic E-state index is 13.7. The topological polar surface area (TPSA) is 23.6 Å². The molecule has 3 nitrogen and oxygen atoms in total. The number of amides is 1. The minimum atomic E-state index is 0.107. The monoisotopic (exact) mass is 464 g/mol. The zero-order chi connectivity index (χ0) is 23.2. The lowest BCUT2D eigenvalue weighted by atomic mass is 9.96. The van der Waals surface area contributed by atoms with Crippen molar-refractivity contribution in [2.75, 3.05) is 26.2 Å². The van der Waals surface area contributed by atoms with Gasteiger partial charge in [-0.2, -0.15) is 0 Å². The maximum absolute atomic E-state index is 13.7. The Morgan fingerprint density at radius 1 is 0.706 bits per heavy atom. The Morgan fingerprint density at radius 3 is 1.79 bits per heavy atom. The summed E-state index contributed by atoms with van der Waals surface area (Å²) in [4.78, 5) is 19.3. The van der Waals surface area contributed by atoms with E-state index in [0.717, 1.165) is 29.1 Å². The van der Waals surface area contributed by atoms with E-state index in [1.54, 1.807) is 11.3 Å². The largest absolute Gasteiger partial charge is 0.336 e. The van der Waals surface area contributed by atoms with E-state index < -0.39 is 0 Å². The molecular weight excluding hydrogens is 436 g/mol. The number of thiophene rings is 1. The quantitative estimate of drug-likeness (QED) is 0.316. The first-order valence-electron chi connectivity index (χ1n) is 11.7. The standard InChI is InChI=1S/C30H28N2OS/c33-30(28(23-27-17-10-22-34-27)24-11-4-1-5-12-24)32-20-18-31(19-21-32)29(25-13-6-2-7-14-25)26-15-8-3-9-16-26/h1-17,22-23,29H,18-21H2. The summed E-state index contributed by atoms with van der Waals surface area (Å²) in [6.07, 6.45) is 2.03. The van der Waals surface area contributed by atoms with Crippen molar-refractivity contribution in [3.8, 4) is 0 Å². The molecule has 0 atom stereocenters. The van der Waals surface area contributed by atoms with E-state index in [0.29, 0.717) is 13.1 Å². The molecule has 4 heteroatoms. The fourth-order valence-electron chi connectivity index (χ4n) is 4.64. The van der Waals surface area contributed by atoms with Gasteiger partial charge in [0.1, 0.15) is 0 Å². The Hall–Kier alpha value is -3.47. The predicted octanol–water partition coefficient (Wildman–Crippen LogP) is 6.22. The minimum absolute atomic E-state index is 0.107. The zero-order valence-electron chi connectivity index (χ0n) is 19.1. The molecule has 0 unspecified atom stereocenters. The van der Waals surface area contributed by atoms with E-state index in [9.17, 15) is 4.79 Å². The van der Waals surface area contributed by atoms with Gasteiger partial charge in [-0.15, -0.1) is 11.3 Å². The van der Waals surface area contributed by atoms with Gasteiger partial charge < -0.3 is 4.90 Å². The second-order valence-corrected chi connectivity index (χ2v) is 9.47. The molecule has 0 spiro atoms. The second-order valence-electron chi connectivity index (χ2n) is 8.49. The lowest BCUT2D eigenvalue weighted by molar-refractivity contribution is -0.126. The number of piperazine rings is 1. The number of benzene rings is 3. The third kappa shape index (κ3) is 5.04. The van der Waals surface area contributed by atoms with E-state index >= 15 is 0 Å². The van der Waals surface area contributed by atoms with Crippen LogP contribution in [0.1, 0.15) is 27.6 Å². The average molecular weight is 465 g/mol. The van der Waals surface area contributed by atoms with Crippen molar-refractivity contribution >= 4 is 28.9 Å². The highest BCUT2D eigenvalue weighted by Crippen LogP contribution is 2.30. The van der Waals surface area contributed by atoms with Gasteiger partial charge in [-0.25, -0.2) is 0 Å². The van der Waals surface area contributed by atoms with Crippen molar-refractivity contribution in [1.82, 2.24) is 9.80 Å². The first-order valence-corrected chi connectivity index (χ1v) is 12.6. The van der Waals surface area contributed by atoms with Crippen LogP contribution < -0.4 is 0 Å². The van der Waals surface area contributed by atoms with Gasteiger partial charge in [0.25, 0.3) is 5.91 Å². The predicted molar refractivity (Wildman–Crippen MR) is 142 cm³/mol. The van der Waals surface area contributed by atoms with Crippen LogP contribution in [0.15, 0.2) is 109 Å². The van der Waals surface area contributed by atoms with Crippen molar-refractivity contribution in [3.05, 3.63) is 130 Å². The highest BCUT2D eigenvalue weighted by atomic mass is 32.1. The fraction of sp³-hybridized carbons (Fsp3) is 0.167. The Labute approximate surface area is 205 Å². The molecule has 1 amide bonds. The molecule has 4 aromatic rings. The summed E-state index contributed by atoms with van der Waals surface area (Å²) >= 11 is 1.65. The SMILES string of the molecule is O=C(C(=Cc1cccs1)c1ccccc1)N1CCN(C(c2ccccc2)c2ccccc2)CC1. The molecule has 0 N–H and O–H groups in total. The molecule has 170 valence electrons. The van der Waals surface area contributed by atoms with E-state index in [1.165, 1.54) is 11.1 Å². The van der Waals surface area contributed by atoms with E-state index in [-0.39, 0.29) is 11.9 Å². The van der Waals surface area contributed by atoms with Crippen LogP contribution in [-0.4, -0.2) is 41.9 Å². The Kier molecular flexibility index (Phi) is 6.99. The summed E-state index contributed by atoms with van der Waals surface area (Å²) < 4.78 is 0. The van der Waals surface area contributed by atoms with Crippen molar-refractivity contribution in [1.29, 1.82) is 0 Å². The number of hydrogen-bond acceptors (Lipinski definition) is 3. The van der Waals surface area contributed by atoms with Crippen molar-refractivity contribution < 1.29 is 4.79 Å². The Balaban J connectivity index is 1.36. The molecular formula is C30H28N2OS. The summed E-state index contributed by atoms with van der Waals surface area (Å²) in [5.74, 6) is 0.107. The summed E-state index contributed by atoms with van der Waals surface area (Å²) in [5.41, 5.74) is 4.31. The van der Waals surface area contributed by atoms with Gasteiger partial charge in [0.05, 0.1) is 6.04 Å². The third-order valence-corrected chi connectivity index (χ3v) is 7.16. The molecule has 1 saturated heterocycles. The fourth-order valence-corrected chi connectivity index (χ4v) is 5.30. The number of hydrogen-bond donors (Lipinski definition) is 0. The molecule has 2 heterocycles. The molecule has 1 aliphatic rings. The number of rotatable bonds is 6. The lowest BCUT2D eigenvalue weighted by Crippen LogP contribution is -2.50. The van der Waals surface area contributed by atoms with Crippen LogP contribution in [0, 0.1) is 0 Å². The smallest absolute Gasteiger partial charge is 0.254 e. The van der Waals surface area contributed by atoms with Gasteiger partial charge >= 0.3 is 0 Å². The minimum Gasteiger partial charge on any atom is -0.336 e. The van der Waals surface area contributed by atoms with Crippen LogP contribution in [0.4, 0.5) is 0 Å². The van der Waals surface area contributed by atoms with Crippen LogP contribution >= 0.6 is 11.3 Å². The lowest BCUT2D eigenvalue weighted by Gasteiger charge is -2.40. The number of nitrogens with zero attached hydrogens (tertiary/aromatic N) is 2. The first-order chi connectivity index (χ1) is 16.8. The first kappa shape index (κ1) is 22.3. The molecule has 3 aromatic carbocycles. The molecule has 0 aliphatic carbocycles. The normalized spacial score (nSPS) is 15.0. The highest BCUT2D eigenvalue weighted by molar-refractivity contribution is 7.11. The van der Waals surface area contributed by atoms with Gasteiger partial charge in [0, 0.05) is 36.6 Å². The van der Waals surface area contributed by atoms with Crippen LogP contribution in [0.3, 0.4) is 0 Å². The maximum Gasteiger partial charge on any atom is 0.254 e. The molecule has 0 radical (unpaired) electrons. The third-order valence-electron chi connectivity index (χ3n) is 6.34. The van der Waals surface area contributed by atoms with E-state index in [1.807, 2.05) is 52.8 Å². The Bertz CT molecular complexity index is 1170. The van der Waals surface area contributed by atoms with Gasteiger partial charge in [0.2, 0.25) is 0 Å². The average Bonchev–Trinajstić information content (AvgIpc) is 3.43.